The van der Waals surface area contributed by atoms with Gasteiger partial charge in [-0.2, -0.15) is 5.10 Å². The predicted octanol–water partition coefficient (Wildman–Crippen LogP) is 4.20. The van der Waals surface area contributed by atoms with Gasteiger partial charge in [0.2, 0.25) is 0 Å². The molecule has 1 N–H and O–H groups in total. The molecule has 146 valence electrons. The molecule has 3 aromatic heterocycles. The van der Waals surface area contributed by atoms with E-state index in [0.717, 1.165) is 40.3 Å². The lowest BCUT2D eigenvalue weighted by atomic mass is 9.95. The minimum atomic E-state index is 0.105. The van der Waals surface area contributed by atoms with E-state index in [0.29, 0.717) is 5.92 Å². The number of piperidine rings is 1. The zero-order chi connectivity index (χ0) is 19.3. The Morgan fingerprint density at radius 3 is 2.75 bits per heavy atom. The number of nitrogens with one attached hydrogen (secondary N) is 1. The Morgan fingerprint density at radius 2 is 2.00 bits per heavy atom. The number of hydrogen-bond acceptors (Lipinski definition) is 5. The second-order valence-electron chi connectivity index (χ2n) is 7.86. The Hall–Kier alpha value is -2.38. The molecule has 0 amide bonds. The Kier molecular flexibility index (Phi) is 4.36. The maximum atomic E-state index is 6.06. The molecule has 0 bridgehead atoms. The van der Waals surface area contributed by atoms with E-state index >= 15 is 0 Å². The maximum absolute atomic E-state index is 6.06. The van der Waals surface area contributed by atoms with Crippen molar-refractivity contribution in [2.75, 3.05) is 13.1 Å². The van der Waals surface area contributed by atoms with Crippen molar-refractivity contribution < 1.29 is 4.74 Å². The number of rotatable bonds is 4. The van der Waals surface area contributed by atoms with E-state index in [-0.39, 0.29) is 6.10 Å². The van der Waals surface area contributed by atoms with Crippen LogP contribution in [0.5, 0.6) is 5.75 Å². The Morgan fingerprint density at radius 1 is 1.18 bits per heavy atom. The molecular formula is C21H25N5OS. The van der Waals surface area contributed by atoms with E-state index in [9.17, 15) is 0 Å². The summed E-state index contributed by atoms with van der Waals surface area (Å²) in [4.78, 5) is 7.18. The summed E-state index contributed by atoms with van der Waals surface area (Å²) in [7, 11) is 1.94. The summed E-state index contributed by atoms with van der Waals surface area (Å²) >= 11 is 1.73. The Balaban J connectivity index is 1.53. The number of ether oxygens (including phenoxy) is 1. The molecule has 0 unspecified atom stereocenters. The average molecular weight is 396 g/mol. The van der Waals surface area contributed by atoms with Gasteiger partial charge in [0, 0.05) is 36.9 Å². The van der Waals surface area contributed by atoms with Crippen LogP contribution >= 0.6 is 11.3 Å². The van der Waals surface area contributed by atoms with Crippen LogP contribution < -0.4 is 10.1 Å². The third kappa shape index (κ3) is 3.18. The highest BCUT2D eigenvalue weighted by Gasteiger charge is 2.20. The SMILES string of the molecule is CC(C)Oc1cc(-c2cn3cc(C4CCNCC4)nc3s2)cc2cn(C)nc12. The van der Waals surface area contributed by atoms with Crippen LogP contribution in [0.15, 0.2) is 30.7 Å². The third-order valence-corrected chi connectivity index (χ3v) is 6.31. The number of thiazole rings is 1. The van der Waals surface area contributed by atoms with E-state index < -0.39 is 0 Å². The Labute approximate surface area is 168 Å². The van der Waals surface area contributed by atoms with Crippen molar-refractivity contribution in [3.05, 3.63) is 36.4 Å². The summed E-state index contributed by atoms with van der Waals surface area (Å²) in [6.07, 6.45) is 8.89. The van der Waals surface area contributed by atoms with Gasteiger partial charge >= 0.3 is 0 Å². The summed E-state index contributed by atoms with van der Waals surface area (Å²) in [5, 5.41) is 9.09. The smallest absolute Gasteiger partial charge is 0.194 e. The zero-order valence-corrected chi connectivity index (χ0v) is 17.3. The lowest BCUT2D eigenvalue weighted by Gasteiger charge is -2.20. The number of hydrogen-bond donors (Lipinski definition) is 1. The van der Waals surface area contributed by atoms with Gasteiger partial charge in [0.15, 0.2) is 4.96 Å². The molecule has 4 heterocycles. The van der Waals surface area contributed by atoms with Crippen LogP contribution in [0.3, 0.4) is 0 Å². The molecule has 0 spiro atoms. The summed E-state index contributed by atoms with van der Waals surface area (Å²) in [6, 6.07) is 4.29. The molecule has 0 saturated carbocycles. The normalized spacial score (nSPS) is 15.9. The largest absolute Gasteiger partial charge is 0.489 e. The quantitative estimate of drug-likeness (QED) is 0.563. The number of benzene rings is 1. The first-order valence-electron chi connectivity index (χ1n) is 9.90. The number of aryl methyl sites for hydroxylation is 1. The maximum Gasteiger partial charge on any atom is 0.194 e. The first kappa shape index (κ1) is 17.7. The minimum absolute atomic E-state index is 0.105. The standard InChI is InChI=1S/C21H25N5OS/c1-13(2)27-18-9-15(8-16-10-25(3)24-20(16)18)19-12-26-11-17(23-21(26)28-19)14-4-6-22-7-5-14/h8-14,22H,4-7H2,1-3H3. The van der Waals surface area contributed by atoms with Crippen LogP contribution in [-0.2, 0) is 7.05 Å². The van der Waals surface area contributed by atoms with Gasteiger partial charge in [0.05, 0.1) is 16.7 Å². The van der Waals surface area contributed by atoms with Gasteiger partial charge in [0.1, 0.15) is 11.3 Å². The van der Waals surface area contributed by atoms with Crippen molar-refractivity contribution in [3.8, 4) is 16.2 Å². The topological polar surface area (TPSA) is 56.4 Å². The van der Waals surface area contributed by atoms with Gasteiger partial charge < -0.3 is 10.1 Å². The first-order valence-corrected chi connectivity index (χ1v) is 10.7. The highest BCUT2D eigenvalue weighted by Crippen LogP contribution is 2.36. The summed E-state index contributed by atoms with van der Waals surface area (Å²) in [6.45, 7) is 6.27. The fourth-order valence-electron chi connectivity index (χ4n) is 3.97. The third-order valence-electron chi connectivity index (χ3n) is 5.27. The van der Waals surface area contributed by atoms with Crippen LogP contribution in [0, 0.1) is 0 Å². The lowest BCUT2D eigenvalue weighted by Crippen LogP contribution is -2.26. The number of nitrogens with zero attached hydrogens (tertiary/aromatic N) is 4. The number of aromatic nitrogens is 4. The van der Waals surface area contributed by atoms with Crippen LogP contribution in [0.1, 0.15) is 38.3 Å². The van der Waals surface area contributed by atoms with Crippen LogP contribution in [0.2, 0.25) is 0 Å². The molecule has 28 heavy (non-hydrogen) atoms. The first-order chi connectivity index (χ1) is 13.6. The van der Waals surface area contributed by atoms with Crippen molar-refractivity contribution in [2.24, 2.45) is 7.05 Å². The number of fused-ring (bicyclic) bond motifs is 2. The molecule has 7 heteroatoms. The van der Waals surface area contributed by atoms with Crippen molar-refractivity contribution in [3.63, 3.8) is 0 Å². The van der Waals surface area contributed by atoms with E-state index in [4.69, 9.17) is 9.72 Å². The highest BCUT2D eigenvalue weighted by atomic mass is 32.1. The van der Waals surface area contributed by atoms with Crippen molar-refractivity contribution in [1.29, 1.82) is 0 Å². The molecule has 0 aliphatic carbocycles. The van der Waals surface area contributed by atoms with E-state index in [1.807, 2.05) is 31.8 Å². The van der Waals surface area contributed by atoms with Crippen LogP contribution in [0.25, 0.3) is 26.3 Å². The van der Waals surface area contributed by atoms with E-state index in [1.165, 1.54) is 23.4 Å². The molecule has 0 radical (unpaired) electrons. The zero-order valence-electron chi connectivity index (χ0n) is 16.5. The van der Waals surface area contributed by atoms with Gasteiger partial charge in [-0.15, -0.1) is 0 Å². The van der Waals surface area contributed by atoms with Crippen molar-refractivity contribution in [1.82, 2.24) is 24.5 Å². The minimum Gasteiger partial charge on any atom is -0.489 e. The van der Waals surface area contributed by atoms with Gasteiger partial charge in [-0.05, 0) is 57.5 Å². The van der Waals surface area contributed by atoms with Gasteiger partial charge in [-0.3, -0.25) is 9.08 Å². The molecule has 4 aromatic rings. The van der Waals surface area contributed by atoms with Crippen LogP contribution in [-0.4, -0.2) is 38.4 Å². The summed E-state index contributed by atoms with van der Waals surface area (Å²) in [5.41, 5.74) is 3.29. The highest BCUT2D eigenvalue weighted by molar-refractivity contribution is 7.20. The second-order valence-corrected chi connectivity index (χ2v) is 8.87. The fourth-order valence-corrected chi connectivity index (χ4v) is 4.93. The second kappa shape index (κ2) is 6.90. The predicted molar refractivity (Wildman–Crippen MR) is 113 cm³/mol. The summed E-state index contributed by atoms with van der Waals surface area (Å²) in [5.74, 6) is 1.42. The monoisotopic (exact) mass is 395 g/mol. The fraction of sp³-hybridized carbons (Fsp3) is 0.429. The molecule has 1 saturated heterocycles. The molecular weight excluding hydrogens is 370 g/mol. The molecule has 1 aliphatic heterocycles. The molecule has 6 nitrogen and oxygen atoms in total. The van der Waals surface area contributed by atoms with Crippen molar-refractivity contribution >= 4 is 27.2 Å². The summed E-state index contributed by atoms with van der Waals surface area (Å²) < 4.78 is 10.1. The average Bonchev–Trinajstić information content (AvgIpc) is 3.33. The van der Waals surface area contributed by atoms with Gasteiger partial charge in [0.25, 0.3) is 0 Å². The Bertz CT molecular complexity index is 1100. The van der Waals surface area contributed by atoms with Crippen molar-refractivity contribution in [2.45, 2.75) is 38.7 Å². The van der Waals surface area contributed by atoms with Gasteiger partial charge in [-0.25, -0.2) is 4.98 Å². The number of imidazole rings is 1. The molecule has 5 rings (SSSR count). The van der Waals surface area contributed by atoms with E-state index in [2.05, 4.69) is 39.3 Å². The molecule has 1 aromatic carbocycles. The molecule has 1 fully saturated rings. The lowest BCUT2D eigenvalue weighted by molar-refractivity contribution is 0.245. The van der Waals surface area contributed by atoms with E-state index in [1.54, 1.807) is 11.3 Å². The molecule has 0 atom stereocenters. The van der Waals surface area contributed by atoms with Gasteiger partial charge in [-0.1, -0.05) is 11.3 Å². The van der Waals surface area contributed by atoms with Crippen LogP contribution in [0.4, 0.5) is 0 Å². The molecule has 1 aliphatic rings.